The summed E-state index contributed by atoms with van der Waals surface area (Å²) in [6.07, 6.45) is 0. The number of carbonyl (C=O) groups is 1. The molecule has 0 aliphatic carbocycles. The van der Waals surface area contributed by atoms with Gasteiger partial charge in [-0.15, -0.1) is 0 Å². The van der Waals surface area contributed by atoms with Crippen molar-refractivity contribution in [2.45, 2.75) is 31.4 Å². The van der Waals surface area contributed by atoms with Gasteiger partial charge in [-0.1, -0.05) is 25.4 Å². The van der Waals surface area contributed by atoms with Gasteiger partial charge in [0.05, 0.1) is 4.90 Å². The summed E-state index contributed by atoms with van der Waals surface area (Å²) in [6.45, 7) is 0.426. The third-order valence-corrected chi connectivity index (χ3v) is 5.41. The zero-order valence-corrected chi connectivity index (χ0v) is 16.6. The molecule has 10 heteroatoms. The van der Waals surface area contributed by atoms with Gasteiger partial charge in [-0.05, 0) is 54.4 Å². The SMILES string of the molecule is CC(C)[C@H](NS(=O)(=O)c1ccc(Cl)cc1)C(=O)Nc1ccc(OC(F)F)cc1. The highest BCUT2D eigenvalue weighted by Crippen LogP contribution is 2.19. The second-order valence-corrected chi connectivity index (χ2v) is 8.34. The number of hydrogen-bond donors (Lipinski definition) is 2. The normalized spacial score (nSPS) is 12.8. The molecule has 0 aliphatic heterocycles. The lowest BCUT2D eigenvalue weighted by Crippen LogP contribution is -2.47. The number of halogens is 3. The number of nitrogens with one attached hydrogen (secondary N) is 2. The fraction of sp³-hybridized carbons (Fsp3) is 0.278. The van der Waals surface area contributed by atoms with E-state index in [0.29, 0.717) is 10.7 Å². The van der Waals surface area contributed by atoms with Gasteiger partial charge in [0.25, 0.3) is 0 Å². The van der Waals surface area contributed by atoms with Crippen molar-refractivity contribution in [1.82, 2.24) is 4.72 Å². The van der Waals surface area contributed by atoms with Crippen LogP contribution in [0.3, 0.4) is 0 Å². The molecule has 0 bridgehead atoms. The fourth-order valence-corrected chi connectivity index (χ4v) is 3.75. The Morgan fingerprint density at radius 2 is 1.61 bits per heavy atom. The topological polar surface area (TPSA) is 84.5 Å². The molecule has 0 unspecified atom stereocenters. The Morgan fingerprint density at radius 1 is 1.04 bits per heavy atom. The second-order valence-electron chi connectivity index (χ2n) is 6.19. The first-order valence-electron chi connectivity index (χ1n) is 8.22. The summed E-state index contributed by atoms with van der Waals surface area (Å²) >= 11 is 5.77. The van der Waals surface area contributed by atoms with Crippen molar-refractivity contribution >= 4 is 33.2 Å². The van der Waals surface area contributed by atoms with Gasteiger partial charge >= 0.3 is 6.61 Å². The van der Waals surface area contributed by atoms with Gasteiger partial charge in [0.15, 0.2) is 0 Å². The van der Waals surface area contributed by atoms with Gasteiger partial charge in [0.1, 0.15) is 11.8 Å². The number of carbonyl (C=O) groups excluding carboxylic acids is 1. The summed E-state index contributed by atoms with van der Waals surface area (Å²) in [7, 11) is -3.95. The van der Waals surface area contributed by atoms with Gasteiger partial charge in [0.2, 0.25) is 15.9 Å². The van der Waals surface area contributed by atoms with Crippen LogP contribution >= 0.6 is 11.6 Å². The number of ether oxygens (including phenoxy) is 1. The molecule has 0 saturated heterocycles. The molecule has 2 aromatic rings. The fourth-order valence-electron chi connectivity index (χ4n) is 2.28. The number of anilines is 1. The van der Waals surface area contributed by atoms with Crippen molar-refractivity contribution in [3.05, 3.63) is 53.6 Å². The maximum absolute atomic E-state index is 12.6. The Labute approximate surface area is 166 Å². The van der Waals surface area contributed by atoms with Crippen molar-refractivity contribution in [1.29, 1.82) is 0 Å². The van der Waals surface area contributed by atoms with Crippen LogP contribution in [0.25, 0.3) is 0 Å². The number of sulfonamides is 1. The highest BCUT2D eigenvalue weighted by atomic mass is 35.5. The largest absolute Gasteiger partial charge is 0.435 e. The van der Waals surface area contributed by atoms with E-state index in [-0.39, 0.29) is 16.6 Å². The van der Waals surface area contributed by atoms with Crippen molar-refractivity contribution in [3.63, 3.8) is 0 Å². The van der Waals surface area contributed by atoms with Crippen molar-refractivity contribution < 1.29 is 26.7 Å². The van der Waals surface area contributed by atoms with Crippen LogP contribution in [0, 0.1) is 5.92 Å². The number of alkyl halides is 2. The predicted molar refractivity (Wildman–Crippen MR) is 102 cm³/mol. The predicted octanol–water partition coefficient (Wildman–Crippen LogP) is 3.88. The van der Waals surface area contributed by atoms with Crippen LogP contribution in [0.5, 0.6) is 5.75 Å². The molecule has 2 N–H and O–H groups in total. The number of benzene rings is 2. The molecular weight excluding hydrogens is 414 g/mol. The van der Waals surface area contributed by atoms with Crippen LogP contribution in [-0.4, -0.2) is 27.0 Å². The Kier molecular flexibility index (Phi) is 7.34. The molecule has 0 heterocycles. The first-order chi connectivity index (χ1) is 13.1. The summed E-state index contributed by atoms with van der Waals surface area (Å²) in [5.74, 6) is -1.00. The van der Waals surface area contributed by atoms with Crippen LogP contribution in [-0.2, 0) is 14.8 Å². The lowest BCUT2D eigenvalue weighted by atomic mass is 10.0. The second kappa shape index (κ2) is 9.31. The molecule has 0 spiro atoms. The Morgan fingerprint density at radius 3 is 2.11 bits per heavy atom. The average Bonchev–Trinajstić information content (AvgIpc) is 2.61. The zero-order valence-electron chi connectivity index (χ0n) is 15.0. The van der Waals surface area contributed by atoms with Gasteiger partial charge < -0.3 is 10.1 Å². The van der Waals surface area contributed by atoms with E-state index >= 15 is 0 Å². The standard InChI is InChI=1S/C18H19ClF2N2O4S/c1-11(2)16(23-28(25,26)15-9-3-12(19)4-10-15)17(24)22-13-5-7-14(8-6-13)27-18(20)21/h3-11,16,18,23H,1-2H3,(H,22,24)/t16-/m0/s1. The minimum Gasteiger partial charge on any atom is -0.435 e. The van der Waals surface area contributed by atoms with Crippen molar-refractivity contribution in [2.75, 3.05) is 5.32 Å². The van der Waals surface area contributed by atoms with E-state index in [1.165, 1.54) is 48.5 Å². The molecule has 0 radical (unpaired) electrons. The van der Waals surface area contributed by atoms with Gasteiger partial charge in [0, 0.05) is 10.7 Å². The van der Waals surface area contributed by atoms with Crippen molar-refractivity contribution in [2.24, 2.45) is 5.92 Å². The molecule has 0 saturated carbocycles. The third-order valence-electron chi connectivity index (χ3n) is 3.70. The molecule has 0 fully saturated rings. The van der Waals surface area contributed by atoms with Crippen LogP contribution in [0.15, 0.2) is 53.4 Å². The van der Waals surface area contributed by atoms with Gasteiger partial charge in [-0.3, -0.25) is 4.79 Å². The van der Waals surface area contributed by atoms with E-state index in [1.54, 1.807) is 13.8 Å². The van der Waals surface area contributed by atoms with Crippen LogP contribution in [0.1, 0.15) is 13.8 Å². The molecule has 2 rings (SSSR count). The minimum absolute atomic E-state index is 0.0242. The molecule has 28 heavy (non-hydrogen) atoms. The first kappa shape index (κ1) is 22.1. The van der Waals surface area contributed by atoms with E-state index in [1.807, 2.05) is 0 Å². The van der Waals surface area contributed by atoms with E-state index in [2.05, 4.69) is 14.8 Å². The highest BCUT2D eigenvalue weighted by Gasteiger charge is 2.28. The zero-order chi connectivity index (χ0) is 20.9. The third kappa shape index (κ3) is 6.15. The molecule has 0 aromatic heterocycles. The summed E-state index contributed by atoms with van der Waals surface area (Å²) in [5.41, 5.74) is 0.308. The molecular formula is C18H19ClF2N2O4S. The summed E-state index contributed by atoms with van der Waals surface area (Å²) < 4.78 is 56.1. The maximum Gasteiger partial charge on any atom is 0.387 e. The van der Waals surface area contributed by atoms with Crippen LogP contribution in [0.2, 0.25) is 5.02 Å². The number of hydrogen-bond acceptors (Lipinski definition) is 4. The van der Waals surface area contributed by atoms with Crippen LogP contribution in [0.4, 0.5) is 14.5 Å². The van der Waals surface area contributed by atoms with Gasteiger partial charge in [-0.25, -0.2) is 8.42 Å². The Hall–Kier alpha value is -2.23. The smallest absolute Gasteiger partial charge is 0.387 e. The summed E-state index contributed by atoms with van der Waals surface area (Å²) in [5, 5.41) is 2.94. The van der Waals surface area contributed by atoms with Gasteiger partial charge in [-0.2, -0.15) is 13.5 Å². The molecule has 2 aromatic carbocycles. The van der Waals surface area contributed by atoms with Crippen molar-refractivity contribution in [3.8, 4) is 5.75 Å². The van der Waals surface area contributed by atoms with E-state index in [4.69, 9.17) is 11.6 Å². The molecule has 6 nitrogen and oxygen atoms in total. The lowest BCUT2D eigenvalue weighted by molar-refractivity contribution is -0.118. The quantitative estimate of drug-likeness (QED) is 0.663. The maximum atomic E-state index is 12.6. The number of rotatable bonds is 8. The minimum atomic E-state index is -3.95. The monoisotopic (exact) mass is 432 g/mol. The molecule has 1 amide bonds. The highest BCUT2D eigenvalue weighted by molar-refractivity contribution is 7.89. The lowest BCUT2D eigenvalue weighted by Gasteiger charge is -2.21. The number of amides is 1. The molecule has 1 atom stereocenters. The van der Waals surface area contributed by atoms with Crippen LogP contribution < -0.4 is 14.8 Å². The molecule has 0 aliphatic rings. The van der Waals surface area contributed by atoms with E-state index < -0.39 is 28.6 Å². The first-order valence-corrected chi connectivity index (χ1v) is 10.1. The van der Waals surface area contributed by atoms with E-state index in [9.17, 15) is 22.0 Å². The average molecular weight is 433 g/mol. The van der Waals surface area contributed by atoms with E-state index in [0.717, 1.165) is 0 Å². The summed E-state index contributed by atoms with van der Waals surface area (Å²) in [4.78, 5) is 12.5. The molecule has 152 valence electrons. The summed E-state index contributed by atoms with van der Waals surface area (Å²) in [6, 6.07) is 9.77. The Bertz CT molecular complexity index is 904. The Balaban J connectivity index is 2.12.